The standard InChI is InChI=1S/C14H20ClNO3/c1-14(2,3)7-4-8-19-13-6-5-12(16(17)18)9-11(13)10-15/h5-6,9H,4,7-8,10H2,1-3H3. The van der Waals surface area contributed by atoms with Crippen molar-refractivity contribution in [3.05, 3.63) is 33.9 Å². The van der Waals surface area contributed by atoms with Gasteiger partial charge >= 0.3 is 0 Å². The van der Waals surface area contributed by atoms with Gasteiger partial charge in [-0.15, -0.1) is 11.6 Å². The van der Waals surface area contributed by atoms with Crippen LogP contribution in [0.5, 0.6) is 5.75 Å². The highest BCUT2D eigenvalue weighted by Crippen LogP contribution is 2.26. The molecule has 0 spiro atoms. The summed E-state index contributed by atoms with van der Waals surface area (Å²) in [5.41, 5.74) is 0.984. The summed E-state index contributed by atoms with van der Waals surface area (Å²) < 4.78 is 5.65. The van der Waals surface area contributed by atoms with Crippen LogP contribution < -0.4 is 4.74 Å². The van der Waals surface area contributed by atoms with E-state index in [1.807, 2.05) is 0 Å². The molecule has 1 aromatic rings. The largest absolute Gasteiger partial charge is 0.493 e. The fraction of sp³-hybridized carbons (Fsp3) is 0.571. The first-order valence-electron chi connectivity index (χ1n) is 6.29. The van der Waals surface area contributed by atoms with E-state index in [1.165, 1.54) is 12.1 Å². The Morgan fingerprint density at radius 3 is 2.58 bits per heavy atom. The van der Waals surface area contributed by atoms with E-state index in [-0.39, 0.29) is 17.0 Å². The monoisotopic (exact) mass is 285 g/mol. The van der Waals surface area contributed by atoms with Crippen molar-refractivity contribution in [1.82, 2.24) is 0 Å². The highest BCUT2D eigenvalue weighted by atomic mass is 35.5. The lowest BCUT2D eigenvalue weighted by Gasteiger charge is -2.18. The number of rotatable bonds is 6. The first-order chi connectivity index (χ1) is 8.83. The van der Waals surface area contributed by atoms with Crippen LogP contribution >= 0.6 is 11.6 Å². The lowest BCUT2D eigenvalue weighted by Crippen LogP contribution is -2.08. The van der Waals surface area contributed by atoms with Crippen molar-refractivity contribution in [2.45, 2.75) is 39.5 Å². The van der Waals surface area contributed by atoms with Gasteiger partial charge in [-0.05, 0) is 24.3 Å². The molecular formula is C14H20ClNO3. The highest BCUT2D eigenvalue weighted by molar-refractivity contribution is 6.17. The second kappa shape index (κ2) is 6.75. The molecule has 1 rings (SSSR count). The van der Waals surface area contributed by atoms with Crippen molar-refractivity contribution in [2.75, 3.05) is 6.61 Å². The van der Waals surface area contributed by atoms with E-state index in [9.17, 15) is 10.1 Å². The van der Waals surface area contributed by atoms with Crippen molar-refractivity contribution in [3.8, 4) is 5.75 Å². The fourth-order valence-corrected chi connectivity index (χ4v) is 1.92. The van der Waals surface area contributed by atoms with Gasteiger partial charge in [0.15, 0.2) is 0 Å². The molecular weight excluding hydrogens is 266 g/mol. The molecule has 0 saturated heterocycles. The van der Waals surface area contributed by atoms with Gasteiger partial charge in [0, 0.05) is 17.7 Å². The molecule has 0 radical (unpaired) electrons. The van der Waals surface area contributed by atoms with Gasteiger partial charge in [0.2, 0.25) is 0 Å². The van der Waals surface area contributed by atoms with E-state index in [0.717, 1.165) is 12.8 Å². The maximum Gasteiger partial charge on any atom is 0.270 e. The summed E-state index contributed by atoms with van der Waals surface area (Å²) in [7, 11) is 0. The minimum absolute atomic E-state index is 0.0395. The van der Waals surface area contributed by atoms with Crippen molar-refractivity contribution < 1.29 is 9.66 Å². The van der Waals surface area contributed by atoms with Gasteiger partial charge in [0.05, 0.1) is 17.4 Å². The fourth-order valence-electron chi connectivity index (χ4n) is 1.71. The van der Waals surface area contributed by atoms with Gasteiger partial charge < -0.3 is 4.74 Å². The molecule has 0 aliphatic rings. The van der Waals surface area contributed by atoms with E-state index in [1.54, 1.807) is 6.07 Å². The summed E-state index contributed by atoms with van der Waals surface area (Å²) in [4.78, 5) is 10.2. The summed E-state index contributed by atoms with van der Waals surface area (Å²) >= 11 is 5.79. The van der Waals surface area contributed by atoms with Gasteiger partial charge in [-0.1, -0.05) is 20.8 Å². The lowest BCUT2D eigenvalue weighted by atomic mass is 9.91. The molecule has 106 valence electrons. The third kappa shape index (κ3) is 5.47. The highest BCUT2D eigenvalue weighted by Gasteiger charge is 2.12. The number of ether oxygens (including phenoxy) is 1. The quantitative estimate of drug-likeness (QED) is 0.334. The molecule has 0 bridgehead atoms. The van der Waals surface area contributed by atoms with Crippen LogP contribution in [0.2, 0.25) is 0 Å². The first-order valence-corrected chi connectivity index (χ1v) is 6.83. The Hall–Kier alpha value is -1.29. The van der Waals surface area contributed by atoms with Crippen LogP contribution in [0.15, 0.2) is 18.2 Å². The molecule has 0 saturated carbocycles. The second-order valence-electron chi connectivity index (χ2n) is 5.70. The van der Waals surface area contributed by atoms with Crippen molar-refractivity contribution in [2.24, 2.45) is 5.41 Å². The number of benzene rings is 1. The molecule has 19 heavy (non-hydrogen) atoms. The molecule has 0 unspecified atom stereocenters. The van der Waals surface area contributed by atoms with E-state index < -0.39 is 4.92 Å². The predicted octanol–water partition coefficient (Wildman–Crippen LogP) is 4.54. The third-order valence-electron chi connectivity index (χ3n) is 2.73. The molecule has 5 heteroatoms. The SMILES string of the molecule is CC(C)(C)CCCOc1ccc([N+](=O)[O-])cc1CCl. The Bertz CT molecular complexity index is 441. The minimum atomic E-state index is -0.431. The first kappa shape index (κ1) is 15.8. The van der Waals surface area contributed by atoms with Gasteiger partial charge in [0.1, 0.15) is 5.75 Å². The van der Waals surface area contributed by atoms with Crippen LogP contribution in [0.3, 0.4) is 0 Å². The summed E-state index contributed by atoms with van der Waals surface area (Å²) in [5.74, 6) is 0.838. The average molecular weight is 286 g/mol. The maximum atomic E-state index is 10.7. The number of nitro groups is 1. The van der Waals surface area contributed by atoms with E-state index >= 15 is 0 Å². The molecule has 0 amide bonds. The normalized spacial score (nSPS) is 11.4. The Morgan fingerprint density at radius 1 is 1.37 bits per heavy atom. The topological polar surface area (TPSA) is 52.4 Å². The number of non-ortho nitro benzene ring substituents is 1. The third-order valence-corrected chi connectivity index (χ3v) is 3.02. The summed E-state index contributed by atoms with van der Waals surface area (Å²) in [6, 6.07) is 4.52. The number of nitrogens with zero attached hydrogens (tertiary/aromatic N) is 1. The number of alkyl halides is 1. The van der Waals surface area contributed by atoms with Crippen molar-refractivity contribution >= 4 is 17.3 Å². The van der Waals surface area contributed by atoms with Crippen LogP contribution in [0.4, 0.5) is 5.69 Å². The zero-order chi connectivity index (χ0) is 14.5. The Balaban J connectivity index is 2.61. The molecule has 0 fully saturated rings. The molecule has 0 N–H and O–H groups in total. The van der Waals surface area contributed by atoms with Gasteiger partial charge in [-0.25, -0.2) is 0 Å². The van der Waals surface area contributed by atoms with Gasteiger partial charge in [-0.2, -0.15) is 0 Å². The van der Waals surface area contributed by atoms with Crippen molar-refractivity contribution in [1.29, 1.82) is 0 Å². The van der Waals surface area contributed by atoms with Gasteiger partial charge in [0.25, 0.3) is 5.69 Å². The zero-order valence-corrected chi connectivity index (χ0v) is 12.4. The molecule has 0 atom stereocenters. The van der Waals surface area contributed by atoms with Crippen LogP contribution in [0.1, 0.15) is 39.2 Å². The summed E-state index contributed by atoms with van der Waals surface area (Å²) in [5, 5.41) is 10.7. The Labute approximate surface area is 118 Å². The molecule has 1 aromatic carbocycles. The molecule has 4 nitrogen and oxygen atoms in total. The smallest absolute Gasteiger partial charge is 0.270 e. The summed E-state index contributed by atoms with van der Waals surface area (Å²) in [6.07, 6.45) is 2.01. The lowest BCUT2D eigenvalue weighted by molar-refractivity contribution is -0.384. The van der Waals surface area contributed by atoms with E-state index in [4.69, 9.17) is 16.3 Å². The second-order valence-corrected chi connectivity index (χ2v) is 5.96. The number of nitro benzene ring substituents is 1. The molecule has 0 aromatic heterocycles. The molecule has 0 heterocycles. The summed E-state index contributed by atoms with van der Waals surface area (Å²) in [6.45, 7) is 7.15. The van der Waals surface area contributed by atoms with Crippen LogP contribution in [0.25, 0.3) is 0 Å². The number of hydrogen-bond acceptors (Lipinski definition) is 3. The van der Waals surface area contributed by atoms with E-state index in [0.29, 0.717) is 17.9 Å². The zero-order valence-electron chi connectivity index (χ0n) is 11.6. The van der Waals surface area contributed by atoms with Crippen LogP contribution in [-0.2, 0) is 5.88 Å². The van der Waals surface area contributed by atoms with Crippen LogP contribution in [-0.4, -0.2) is 11.5 Å². The van der Waals surface area contributed by atoms with Gasteiger partial charge in [-0.3, -0.25) is 10.1 Å². The maximum absolute atomic E-state index is 10.7. The average Bonchev–Trinajstić information content (AvgIpc) is 2.33. The molecule has 0 aliphatic heterocycles. The van der Waals surface area contributed by atoms with E-state index in [2.05, 4.69) is 20.8 Å². The Kier molecular flexibility index (Phi) is 5.60. The van der Waals surface area contributed by atoms with Crippen LogP contribution in [0, 0.1) is 15.5 Å². The predicted molar refractivity (Wildman–Crippen MR) is 76.8 cm³/mol. The molecule has 0 aliphatic carbocycles. The minimum Gasteiger partial charge on any atom is -0.493 e. The number of hydrogen-bond donors (Lipinski definition) is 0. The number of halogens is 1. The Morgan fingerprint density at radius 2 is 2.05 bits per heavy atom. The van der Waals surface area contributed by atoms with Crippen molar-refractivity contribution in [3.63, 3.8) is 0 Å².